The van der Waals surface area contributed by atoms with E-state index in [0.29, 0.717) is 0 Å². The molecule has 2 rings (SSSR count). The van der Waals surface area contributed by atoms with Crippen molar-refractivity contribution in [2.24, 2.45) is 0 Å². The van der Waals surface area contributed by atoms with E-state index < -0.39 is 0 Å². The summed E-state index contributed by atoms with van der Waals surface area (Å²) in [5.41, 5.74) is 2.59. The van der Waals surface area contributed by atoms with E-state index in [2.05, 4.69) is 47.6 Å². The van der Waals surface area contributed by atoms with Gasteiger partial charge in [-0.15, -0.1) is 0 Å². The molecule has 0 saturated heterocycles. The van der Waals surface area contributed by atoms with Gasteiger partial charge in [0.2, 0.25) is 0 Å². The average Bonchev–Trinajstić information content (AvgIpc) is 2.67. The van der Waals surface area contributed by atoms with Crippen LogP contribution in [0.2, 0.25) is 0 Å². The molecule has 1 heterocycles. The van der Waals surface area contributed by atoms with Gasteiger partial charge in [-0.25, -0.2) is 0 Å². The molecule has 80 valence electrons. The van der Waals surface area contributed by atoms with Crippen molar-refractivity contribution >= 4 is 10.9 Å². The van der Waals surface area contributed by atoms with Crippen LogP contribution in [0.15, 0.2) is 30.3 Å². The van der Waals surface area contributed by atoms with Gasteiger partial charge in [0.15, 0.2) is 0 Å². The molecular formula is C13H18N2. The molecule has 0 fully saturated rings. The Morgan fingerprint density at radius 3 is 2.93 bits per heavy atom. The van der Waals surface area contributed by atoms with Gasteiger partial charge in [0, 0.05) is 11.2 Å². The fraction of sp³-hybridized carbons (Fsp3) is 0.385. The molecule has 0 amide bonds. The molecule has 0 bridgehead atoms. The number of nitrogens with one attached hydrogen (secondary N) is 2. The van der Waals surface area contributed by atoms with Crippen LogP contribution >= 0.6 is 0 Å². The predicted octanol–water partition coefficient (Wildman–Crippen LogP) is 2.71. The maximum atomic E-state index is 3.44. The van der Waals surface area contributed by atoms with E-state index >= 15 is 0 Å². The standard InChI is InChI=1S/C13H18N2/c1-2-14-9-5-7-12-10-11-6-3-4-8-13(11)15-12/h3-4,6,8,10,14-15H,2,5,7,9H2,1H3. The van der Waals surface area contributed by atoms with Crippen LogP contribution in [0, 0.1) is 0 Å². The first-order valence-electron chi connectivity index (χ1n) is 5.67. The quantitative estimate of drug-likeness (QED) is 0.717. The Morgan fingerprint density at radius 2 is 2.13 bits per heavy atom. The van der Waals surface area contributed by atoms with E-state index in [1.807, 2.05) is 0 Å². The van der Waals surface area contributed by atoms with Crippen molar-refractivity contribution in [3.05, 3.63) is 36.0 Å². The second-order valence-electron chi connectivity index (χ2n) is 3.84. The summed E-state index contributed by atoms with van der Waals surface area (Å²) in [4.78, 5) is 3.44. The smallest absolute Gasteiger partial charge is 0.0456 e. The largest absolute Gasteiger partial charge is 0.358 e. The lowest BCUT2D eigenvalue weighted by atomic mass is 10.2. The highest BCUT2D eigenvalue weighted by Gasteiger charge is 1.98. The van der Waals surface area contributed by atoms with Gasteiger partial charge in [-0.3, -0.25) is 0 Å². The Morgan fingerprint density at radius 1 is 1.27 bits per heavy atom. The molecule has 0 saturated carbocycles. The van der Waals surface area contributed by atoms with Crippen molar-refractivity contribution < 1.29 is 0 Å². The third-order valence-electron chi connectivity index (χ3n) is 2.64. The lowest BCUT2D eigenvalue weighted by Crippen LogP contribution is -2.14. The number of aryl methyl sites for hydroxylation is 1. The number of aromatic nitrogens is 1. The number of fused-ring (bicyclic) bond motifs is 1. The van der Waals surface area contributed by atoms with Gasteiger partial charge in [-0.05, 0) is 43.5 Å². The zero-order chi connectivity index (χ0) is 10.5. The summed E-state index contributed by atoms with van der Waals surface area (Å²) in [5, 5.41) is 4.65. The van der Waals surface area contributed by atoms with Crippen molar-refractivity contribution in [3.8, 4) is 0 Å². The summed E-state index contributed by atoms with van der Waals surface area (Å²) in [6, 6.07) is 10.7. The molecule has 0 aliphatic rings. The number of rotatable bonds is 5. The van der Waals surface area contributed by atoms with Crippen LogP contribution in [0.5, 0.6) is 0 Å². The molecule has 1 aromatic heterocycles. The summed E-state index contributed by atoms with van der Waals surface area (Å²) >= 11 is 0. The fourth-order valence-electron chi connectivity index (χ4n) is 1.85. The topological polar surface area (TPSA) is 27.8 Å². The molecule has 0 aliphatic carbocycles. The first-order valence-corrected chi connectivity index (χ1v) is 5.67. The number of hydrogen-bond donors (Lipinski definition) is 2. The van der Waals surface area contributed by atoms with Crippen LogP contribution in [0.3, 0.4) is 0 Å². The second-order valence-corrected chi connectivity index (χ2v) is 3.84. The molecule has 2 N–H and O–H groups in total. The SMILES string of the molecule is CCNCCCc1cc2ccccc2[nH]1. The molecule has 0 spiro atoms. The van der Waals surface area contributed by atoms with Crippen molar-refractivity contribution in [1.82, 2.24) is 10.3 Å². The van der Waals surface area contributed by atoms with Crippen LogP contribution in [-0.4, -0.2) is 18.1 Å². The molecule has 15 heavy (non-hydrogen) atoms. The average molecular weight is 202 g/mol. The highest BCUT2D eigenvalue weighted by molar-refractivity contribution is 5.80. The van der Waals surface area contributed by atoms with Crippen LogP contribution in [0.25, 0.3) is 10.9 Å². The summed E-state index contributed by atoms with van der Waals surface area (Å²) in [6.07, 6.45) is 2.32. The van der Waals surface area contributed by atoms with Gasteiger partial charge in [-0.2, -0.15) is 0 Å². The van der Waals surface area contributed by atoms with Gasteiger partial charge in [0.1, 0.15) is 0 Å². The number of benzene rings is 1. The molecule has 2 aromatic rings. The number of aromatic amines is 1. The van der Waals surface area contributed by atoms with Crippen molar-refractivity contribution in [1.29, 1.82) is 0 Å². The van der Waals surface area contributed by atoms with Crippen molar-refractivity contribution in [2.75, 3.05) is 13.1 Å². The lowest BCUT2D eigenvalue weighted by Gasteiger charge is -1.99. The van der Waals surface area contributed by atoms with Crippen LogP contribution in [-0.2, 0) is 6.42 Å². The monoisotopic (exact) mass is 202 g/mol. The zero-order valence-corrected chi connectivity index (χ0v) is 9.22. The first kappa shape index (κ1) is 10.2. The highest BCUT2D eigenvalue weighted by Crippen LogP contribution is 2.15. The minimum atomic E-state index is 1.06. The molecule has 0 radical (unpaired) electrons. The third-order valence-corrected chi connectivity index (χ3v) is 2.64. The highest BCUT2D eigenvalue weighted by atomic mass is 14.8. The summed E-state index contributed by atoms with van der Waals surface area (Å²) < 4.78 is 0. The minimum Gasteiger partial charge on any atom is -0.358 e. The van der Waals surface area contributed by atoms with Gasteiger partial charge in [0.25, 0.3) is 0 Å². The van der Waals surface area contributed by atoms with E-state index in [-0.39, 0.29) is 0 Å². The second kappa shape index (κ2) is 4.99. The van der Waals surface area contributed by atoms with Crippen molar-refractivity contribution in [2.45, 2.75) is 19.8 Å². The van der Waals surface area contributed by atoms with Crippen LogP contribution < -0.4 is 5.32 Å². The van der Waals surface area contributed by atoms with Gasteiger partial charge in [0.05, 0.1) is 0 Å². The molecule has 0 atom stereocenters. The molecule has 2 heteroatoms. The lowest BCUT2D eigenvalue weighted by molar-refractivity contribution is 0.669. The van der Waals surface area contributed by atoms with Gasteiger partial charge < -0.3 is 10.3 Å². The Labute approximate surface area is 90.7 Å². The first-order chi connectivity index (χ1) is 7.40. The van der Waals surface area contributed by atoms with Crippen LogP contribution in [0.1, 0.15) is 19.0 Å². The molecule has 0 aliphatic heterocycles. The van der Waals surface area contributed by atoms with E-state index in [9.17, 15) is 0 Å². The normalized spacial score (nSPS) is 11.0. The van der Waals surface area contributed by atoms with E-state index in [0.717, 1.165) is 19.5 Å². The predicted molar refractivity (Wildman–Crippen MR) is 65.2 cm³/mol. The molecule has 0 unspecified atom stereocenters. The summed E-state index contributed by atoms with van der Waals surface area (Å²) in [5.74, 6) is 0. The maximum Gasteiger partial charge on any atom is 0.0456 e. The summed E-state index contributed by atoms with van der Waals surface area (Å²) in [7, 11) is 0. The Kier molecular flexibility index (Phi) is 3.41. The minimum absolute atomic E-state index is 1.06. The Hall–Kier alpha value is -1.28. The molecular weight excluding hydrogens is 184 g/mol. The van der Waals surface area contributed by atoms with Gasteiger partial charge in [-0.1, -0.05) is 25.1 Å². The van der Waals surface area contributed by atoms with E-state index in [1.165, 1.54) is 23.0 Å². The molecule has 1 aromatic carbocycles. The summed E-state index contributed by atoms with van der Waals surface area (Å²) in [6.45, 7) is 4.31. The van der Waals surface area contributed by atoms with Crippen LogP contribution in [0.4, 0.5) is 0 Å². The number of para-hydroxylation sites is 1. The third kappa shape index (κ3) is 2.60. The maximum absolute atomic E-state index is 3.44. The van der Waals surface area contributed by atoms with E-state index in [1.54, 1.807) is 0 Å². The number of H-pyrrole nitrogens is 1. The Bertz CT molecular complexity index is 384. The Balaban J connectivity index is 1.97. The number of hydrogen-bond acceptors (Lipinski definition) is 1. The van der Waals surface area contributed by atoms with E-state index in [4.69, 9.17) is 0 Å². The van der Waals surface area contributed by atoms with Crippen molar-refractivity contribution in [3.63, 3.8) is 0 Å². The zero-order valence-electron chi connectivity index (χ0n) is 9.22. The molecule has 2 nitrogen and oxygen atoms in total. The van der Waals surface area contributed by atoms with Gasteiger partial charge >= 0.3 is 0 Å². The fourth-order valence-corrected chi connectivity index (χ4v) is 1.85.